The number of ether oxygens (including phenoxy) is 1. The van der Waals surface area contributed by atoms with Crippen LogP contribution in [0.2, 0.25) is 0 Å². The number of aliphatic hydroxyl groups is 1. The van der Waals surface area contributed by atoms with E-state index in [1.54, 1.807) is 0 Å². The van der Waals surface area contributed by atoms with Gasteiger partial charge in [0.25, 0.3) is 0 Å². The van der Waals surface area contributed by atoms with Crippen LogP contribution in [0.3, 0.4) is 0 Å². The van der Waals surface area contributed by atoms with Gasteiger partial charge in [0.2, 0.25) is 10.0 Å². The minimum atomic E-state index is -3.23. The molecule has 2 aliphatic heterocycles. The molecule has 1 atom stereocenters. The number of rotatable bonds is 3. The zero-order chi connectivity index (χ0) is 11.6. The molecule has 2 aliphatic rings. The smallest absolute Gasteiger partial charge is 0.217 e. The Morgan fingerprint density at radius 1 is 1.25 bits per heavy atom. The van der Waals surface area contributed by atoms with Crippen LogP contribution < -0.4 is 0 Å². The highest BCUT2D eigenvalue weighted by atomic mass is 32.2. The molecule has 0 aromatic rings. The molecule has 2 rings (SSSR count). The summed E-state index contributed by atoms with van der Waals surface area (Å²) in [4.78, 5) is 0. The molecular weight excluding hydrogens is 230 g/mol. The number of aliphatic hydroxyl groups excluding tert-OH is 1. The van der Waals surface area contributed by atoms with Gasteiger partial charge in [0.15, 0.2) is 0 Å². The van der Waals surface area contributed by atoms with Crippen LogP contribution in [-0.4, -0.2) is 55.5 Å². The van der Waals surface area contributed by atoms with Gasteiger partial charge in [-0.15, -0.1) is 0 Å². The van der Waals surface area contributed by atoms with Crippen molar-refractivity contribution in [1.82, 2.24) is 4.31 Å². The van der Waals surface area contributed by atoms with E-state index in [0.717, 1.165) is 12.8 Å². The van der Waals surface area contributed by atoms with Crippen molar-refractivity contribution in [1.29, 1.82) is 0 Å². The van der Waals surface area contributed by atoms with Crippen LogP contribution in [0.15, 0.2) is 0 Å². The van der Waals surface area contributed by atoms with Crippen molar-refractivity contribution in [3.63, 3.8) is 0 Å². The Balaban J connectivity index is 2.11. The van der Waals surface area contributed by atoms with E-state index in [4.69, 9.17) is 9.84 Å². The van der Waals surface area contributed by atoms with Gasteiger partial charge in [0.1, 0.15) is 0 Å². The molecule has 2 fully saturated rings. The largest absolute Gasteiger partial charge is 0.395 e. The molecule has 0 aromatic carbocycles. The van der Waals surface area contributed by atoms with Gasteiger partial charge < -0.3 is 9.84 Å². The van der Waals surface area contributed by atoms with Crippen LogP contribution in [0.5, 0.6) is 0 Å². The van der Waals surface area contributed by atoms with Gasteiger partial charge in [-0.2, -0.15) is 4.31 Å². The minimum Gasteiger partial charge on any atom is -0.395 e. The van der Waals surface area contributed by atoms with Gasteiger partial charge in [0.05, 0.1) is 11.9 Å². The molecule has 16 heavy (non-hydrogen) atoms. The summed E-state index contributed by atoms with van der Waals surface area (Å²) >= 11 is 0. The second kappa shape index (κ2) is 5.00. The fourth-order valence-electron chi connectivity index (χ4n) is 2.49. The first kappa shape index (κ1) is 12.3. The summed E-state index contributed by atoms with van der Waals surface area (Å²) in [6.07, 6.45) is 2.79. The first-order valence-corrected chi connectivity index (χ1v) is 7.36. The number of nitrogens with zero attached hydrogens (tertiary/aromatic N) is 1. The number of hydrogen-bond acceptors (Lipinski definition) is 4. The molecular formula is C10H19NO4S. The fraction of sp³-hybridized carbons (Fsp3) is 1.00. The monoisotopic (exact) mass is 249 g/mol. The van der Waals surface area contributed by atoms with Gasteiger partial charge >= 0.3 is 0 Å². The van der Waals surface area contributed by atoms with Crippen molar-refractivity contribution < 1.29 is 18.3 Å². The van der Waals surface area contributed by atoms with E-state index in [1.807, 2.05) is 0 Å². The highest BCUT2D eigenvalue weighted by Gasteiger charge is 2.39. The van der Waals surface area contributed by atoms with Gasteiger partial charge in [-0.25, -0.2) is 8.42 Å². The third-order valence-corrected chi connectivity index (χ3v) is 5.90. The Morgan fingerprint density at radius 3 is 2.56 bits per heavy atom. The number of hydrogen-bond donors (Lipinski definition) is 1. The Bertz CT molecular complexity index is 324. The summed E-state index contributed by atoms with van der Waals surface area (Å²) in [5.41, 5.74) is 0. The summed E-state index contributed by atoms with van der Waals surface area (Å²) in [6, 6.07) is -0.201. The van der Waals surface area contributed by atoms with Crippen LogP contribution in [0, 0.1) is 0 Å². The molecule has 0 aromatic heterocycles. The zero-order valence-electron chi connectivity index (χ0n) is 9.34. The second-order valence-electron chi connectivity index (χ2n) is 4.45. The van der Waals surface area contributed by atoms with Crippen LogP contribution >= 0.6 is 0 Å². The summed E-state index contributed by atoms with van der Waals surface area (Å²) < 4.78 is 31.3. The first-order chi connectivity index (χ1) is 7.66. The first-order valence-electron chi connectivity index (χ1n) is 5.85. The second-order valence-corrected chi connectivity index (χ2v) is 6.61. The molecule has 94 valence electrons. The molecule has 1 N–H and O–H groups in total. The highest BCUT2D eigenvalue weighted by Crippen LogP contribution is 2.27. The van der Waals surface area contributed by atoms with Crippen molar-refractivity contribution in [2.24, 2.45) is 0 Å². The van der Waals surface area contributed by atoms with E-state index < -0.39 is 10.0 Å². The van der Waals surface area contributed by atoms with Gasteiger partial charge in [0, 0.05) is 25.8 Å². The maximum Gasteiger partial charge on any atom is 0.217 e. The molecule has 0 saturated carbocycles. The van der Waals surface area contributed by atoms with E-state index in [1.165, 1.54) is 4.31 Å². The highest BCUT2D eigenvalue weighted by molar-refractivity contribution is 7.89. The lowest BCUT2D eigenvalue weighted by Gasteiger charge is -2.29. The van der Waals surface area contributed by atoms with Crippen molar-refractivity contribution in [2.45, 2.75) is 37.0 Å². The average molecular weight is 249 g/mol. The van der Waals surface area contributed by atoms with E-state index in [9.17, 15) is 8.42 Å². The Labute approximate surface area is 96.4 Å². The molecule has 0 unspecified atom stereocenters. The van der Waals surface area contributed by atoms with Crippen molar-refractivity contribution in [3.05, 3.63) is 0 Å². The fourth-order valence-corrected chi connectivity index (χ4v) is 4.63. The lowest BCUT2D eigenvalue weighted by atomic mass is 10.2. The van der Waals surface area contributed by atoms with Crippen molar-refractivity contribution in [3.8, 4) is 0 Å². The van der Waals surface area contributed by atoms with Crippen molar-refractivity contribution >= 4 is 10.0 Å². The van der Waals surface area contributed by atoms with E-state index in [-0.39, 0.29) is 17.9 Å². The molecule has 0 bridgehead atoms. The molecule has 2 heterocycles. The molecule has 2 saturated heterocycles. The van der Waals surface area contributed by atoms with Gasteiger partial charge in [-0.1, -0.05) is 0 Å². The molecule has 5 nitrogen and oxygen atoms in total. The SMILES string of the molecule is O=S(=O)(C1CCOCC1)N1CCC[C@@H]1CO. The summed E-state index contributed by atoms with van der Waals surface area (Å²) in [5, 5.41) is 8.86. The lowest BCUT2D eigenvalue weighted by Crippen LogP contribution is -2.44. The number of sulfonamides is 1. The molecule has 0 amide bonds. The lowest BCUT2D eigenvalue weighted by molar-refractivity contribution is 0.0966. The zero-order valence-corrected chi connectivity index (χ0v) is 10.2. The minimum absolute atomic E-state index is 0.0670. The molecule has 0 radical (unpaired) electrons. The maximum atomic E-state index is 12.3. The average Bonchev–Trinajstić information content (AvgIpc) is 2.79. The van der Waals surface area contributed by atoms with Crippen LogP contribution in [0.4, 0.5) is 0 Å². The summed E-state index contributed by atoms with van der Waals surface area (Å²) in [5.74, 6) is 0. The quantitative estimate of drug-likeness (QED) is 0.761. The maximum absolute atomic E-state index is 12.3. The van der Waals surface area contributed by atoms with E-state index in [2.05, 4.69) is 0 Å². The van der Waals surface area contributed by atoms with E-state index in [0.29, 0.717) is 32.6 Å². The van der Waals surface area contributed by atoms with Gasteiger partial charge in [-0.3, -0.25) is 0 Å². The van der Waals surface area contributed by atoms with Crippen LogP contribution in [-0.2, 0) is 14.8 Å². The van der Waals surface area contributed by atoms with Crippen LogP contribution in [0.25, 0.3) is 0 Å². The Morgan fingerprint density at radius 2 is 1.94 bits per heavy atom. The molecule has 6 heteroatoms. The topological polar surface area (TPSA) is 66.8 Å². The van der Waals surface area contributed by atoms with Gasteiger partial charge in [-0.05, 0) is 25.7 Å². The van der Waals surface area contributed by atoms with E-state index >= 15 is 0 Å². The summed E-state index contributed by atoms with van der Waals surface area (Å²) in [6.45, 7) is 1.55. The predicted octanol–water partition coefficient (Wildman–Crippen LogP) is -0.0481. The third kappa shape index (κ3) is 2.25. The Kier molecular flexibility index (Phi) is 3.84. The van der Waals surface area contributed by atoms with Crippen molar-refractivity contribution in [2.75, 3.05) is 26.4 Å². The Hall–Kier alpha value is -0.170. The predicted molar refractivity (Wildman–Crippen MR) is 59.6 cm³/mol. The molecule has 0 aliphatic carbocycles. The van der Waals surface area contributed by atoms with Crippen LogP contribution in [0.1, 0.15) is 25.7 Å². The third-order valence-electron chi connectivity index (χ3n) is 3.45. The standard InChI is InChI=1S/C10H19NO4S/c12-8-9-2-1-5-11(9)16(13,14)10-3-6-15-7-4-10/h9-10,12H,1-8H2/t9-/m1/s1. The molecule has 0 spiro atoms. The summed E-state index contributed by atoms with van der Waals surface area (Å²) in [7, 11) is -3.23. The normalized spacial score (nSPS) is 29.7.